The van der Waals surface area contributed by atoms with E-state index in [0.717, 1.165) is 11.1 Å². The molecule has 0 fully saturated rings. The topological polar surface area (TPSA) is 70.4 Å². The van der Waals surface area contributed by atoms with Crippen LogP contribution in [0.1, 0.15) is 10.4 Å². The number of nitrogens with zero attached hydrogens (tertiary/aromatic N) is 1. The summed E-state index contributed by atoms with van der Waals surface area (Å²) >= 11 is 0. The Bertz CT molecular complexity index is 829. The van der Waals surface area contributed by atoms with Crippen molar-refractivity contribution in [3.63, 3.8) is 0 Å². The van der Waals surface area contributed by atoms with Crippen molar-refractivity contribution in [2.24, 2.45) is 0 Å². The van der Waals surface area contributed by atoms with Crippen molar-refractivity contribution in [3.05, 3.63) is 72.4 Å². The zero-order valence-electron chi connectivity index (χ0n) is 11.6. The summed E-state index contributed by atoms with van der Waals surface area (Å²) in [7, 11) is 0. The lowest BCUT2D eigenvalue weighted by atomic mass is 9.95. The predicted octanol–water partition coefficient (Wildman–Crippen LogP) is 3.82. The lowest BCUT2D eigenvalue weighted by molar-refractivity contribution is 0.0698. The number of carbonyl (C=O) groups is 1. The van der Waals surface area contributed by atoms with Crippen LogP contribution < -0.4 is 0 Å². The second-order valence-electron chi connectivity index (χ2n) is 4.81. The van der Waals surface area contributed by atoms with E-state index in [1.165, 1.54) is 6.20 Å². The number of carboxylic acids is 1. The Hall–Kier alpha value is -3.14. The largest absolute Gasteiger partial charge is 0.493 e. The fraction of sp³-hybridized carbons (Fsp3) is 0. The molecule has 0 amide bonds. The molecule has 0 aliphatic rings. The molecule has 0 bridgehead atoms. The first kappa shape index (κ1) is 13.8. The van der Waals surface area contributed by atoms with Crippen LogP contribution in [-0.4, -0.2) is 21.2 Å². The maximum absolute atomic E-state index is 11.5. The van der Waals surface area contributed by atoms with Crippen LogP contribution >= 0.6 is 0 Å². The van der Waals surface area contributed by atoms with Gasteiger partial charge >= 0.3 is 5.97 Å². The first-order chi connectivity index (χ1) is 10.7. The maximum Gasteiger partial charge on any atom is 0.336 e. The summed E-state index contributed by atoms with van der Waals surface area (Å²) in [5, 5.41) is 19.3. The van der Waals surface area contributed by atoms with Crippen molar-refractivity contribution >= 4 is 5.97 Å². The van der Waals surface area contributed by atoms with E-state index in [-0.39, 0.29) is 11.4 Å². The predicted molar refractivity (Wildman–Crippen MR) is 83.7 cm³/mol. The van der Waals surface area contributed by atoms with Crippen LogP contribution in [0.2, 0.25) is 0 Å². The summed E-state index contributed by atoms with van der Waals surface area (Å²) in [4.78, 5) is 15.3. The highest BCUT2D eigenvalue weighted by Gasteiger charge is 2.16. The van der Waals surface area contributed by atoms with Gasteiger partial charge in [-0.05, 0) is 35.4 Å². The summed E-state index contributed by atoms with van der Waals surface area (Å²) in [5.41, 5.74) is 2.83. The fourth-order valence-corrected chi connectivity index (χ4v) is 2.37. The molecule has 0 aliphatic heterocycles. The number of hydrogen-bond acceptors (Lipinski definition) is 3. The van der Waals surface area contributed by atoms with Crippen molar-refractivity contribution in [1.29, 1.82) is 0 Å². The molecule has 3 aromatic rings. The Kier molecular flexibility index (Phi) is 3.58. The molecule has 4 nitrogen and oxygen atoms in total. The van der Waals surface area contributed by atoms with E-state index in [9.17, 15) is 15.0 Å². The van der Waals surface area contributed by atoms with Gasteiger partial charge in [0, 0.05) is 17.3 Å². The lowest BCUT2D eigenvalue weighted by Crippen LogP contribution is -2.00. The second kappa shape index (κ2) is 5.69. The Balaban J connectivity index is 2.22. The van der Waals surface area contributed by atoms with E-state index < -0.39 is 5.97 Å². The number of pyridine rings is 1. The third-order valence-electron chi connectivity index (χ3n) is 3.43. The molecule has 108 valence electrons. The van der Waals surface area contributed by atoms with E-state index in [1.807, 2.05) is 30.3 Å². The number of rotatable bonds is 3. The number of aromatic carboxylic acids is 1. The average molecular weight is 291 g/mol. The zero-order chi connectivity index (χ0) is 15.5. The highest BCUT2D eigenvalue weighted by molar-refractivity contribution is 5.98. The summed E-state index contributed by atoms with van der Waals surface area (Å²) in [6, 6.07) is 18.0. The number of aromatic hydroxyl groups is 1. The quantitative estimate of drug-likeness (QED) is 0.769. The van der Waals surface area contributed by atoms with Crippen LogP contribution in [-0.2, 0) is 0 Å². The van der Waals surface area contributed by atoms with Crippen LogP contribution in [0, 0.1) is 0 Å². The number of carboxylic acid groups (broad SMARTS) is 1. The van der Waals surface area contributed by atoms with Gasteiger partial charge in [-0.1, -0.05) is 36.4 Å². The molecule has 3 rings (SSSR count). The molecule has 0 atom stereocenters. The summed E-state index contributed by atoms with van der Waals surface area (Å²) in [6.07, 6.45) is 1.46. The minimum absolute atomic E-state index is 0.128. The molecular formula is C18H13NO3. The molecule has 22 heavy (non-hydrogen) atoms. The lowest BCUT2D eigenvalue weighted by Gasteiger charge is -2.10. The summed E-state index contributed by atoms with van der Waals surface area (Å²) < 4.78 is 0. The van der Waals surface area contributed by atoms with Gasteiger partial charge in [0.1, 0.15) is 0 Å². The Morgan fingerprint density at radius 2 is 1.64 bits per heavy atom. The number of hydrogen-bond donors (Lipinski definition) is 2. The van der Waals surface area contributed by atoms with Crippen LogP contribution in [0.25, 0.3) is 22.3 Å². The van der Waals surface area contributed by atoms with Crippen LogP contribution in [0.15, 0.2) is 66.9 Å². The minimum Gasteiger partial charge on any atom is -0.493 e. The van der Waals surface area contributed by atoms with Gasteiger partial charge in [0.05, 0.1) is 5.56 Å². The van der Waals surface area contributed by atoms with Gasteiger partial charge in [-0.15, -0.1) is 0 Å². The second-order valence-corrected chi connectivity index (χ2v) is 4.81. The minimum atomic E-state index is -1.04. The van der Waals surface area contributed by atoms with Crippen LogP contribution in [0.5, 0.6) is 5.88 Å². The zero-order valence-corrected chi connectivity index (χ0v) is 11.6. The summed E-state index contributed by atoms with van der Waals surface area (Å²) in [5.74, 6) is -1.23. The van der Waals surface area contributed by atoms with Gasteiger partial charge < -0.3 is 10.2 Å². The van der Waals surface area contributed by atoms with Gasteiger partial charge in [0.25, 0.3) is 0 Å². The third kappa shape index (κ3) is 2.54. The number of benzene rings is 2. The fourth-order valence-electron chi connectivity index (χ4n) is 2.37. The normalized spacial score (nSPS) is 10.4. The van der Waals surface area contributed by atoms with Crippen molar-refractivity contribution in [1.82, 2.24) is 4.98 Å². The molecule has 0 saturated carbocycles. The molecule has 1 heterocycles. The SMILES string of the molecule is O=C(O)c1ccc(-c2ccccc2)cc1-c1cccnc1O. The van der Waals surface area contributed by atoms with Crippen molar-refractivity contribution in [3.8, 4) is 28.1 Å². The molecule has 0 saturated heterocycles. The highest BCUT2D eigenvalue weighted by atomic mass is 16.4. The maximum atomic E-state index is 11.5. The van der Waals surface area contributed by atoms with Gasteiger partial charge in [0.15, 0.2) is 0 Å². The first-order valence-corrected chi connectivity index (χ1v) is 6.74. The van der Waals surface area contributed by atoms with Crippen LogP contribution in [0.3, 0.4) is 0 Å². The Morgan fingerprint density at radius 3 is 2.32 bits per heavy atom. The van der Waals surface area contributed by atoms with Crippen molar-refractivity contribution < 1.29 is 15.0 Å². The molecule has 2 N–H and O–H groups in total. The van der Waals surface area contributed by atoms with Gasteiger partial charge in [0.2, 0.25) is 5.88 Å². The van der Waals surface area contributed by atoms with Crippen molar-refractivity contribution in [2.75, 3.05) is 0 Å². The van der Waals surface area contributed by atoms with E-state index >= 15 is 0 Å². The van der Waals surface area contributed by atoms with E-state index in [4.69, 9.17) is 0 Å². The molecule has 2 aromatic carbocycles. The van der Waals surface area contributed by atoms with Gasteiger partial charge in [-0.25, -0.2) is 9.78 Å². The third-order valence-corrected chi connectivity index (χ3v) is 3.43. The first-order valence-electron chi connectivity index (χ1n) is 6.74. The Morgan fingerprint density at radius 1 is 0.864 bits per heavy atom. The monoisotopic (exact) mass is 291 g/mol. The molecular weight excluding hydrogens is 278 g/mol. The van der Waals surface area contributed by atoms with Gasteiger partial charge in [-0.3, -0.25) is 0 Å². The standard InChI is InChI=1S/C18H13NO3/c20-17-14(7-4-10-19-17)16-11-13(8-9-15(16)18(21)22)12-5-2-1-3-6-12/h1-11H,(H,19,20)(H,21,22). The molecule has 0 radical (unpaired) electrons. The van der Waals surface area contributed by atoms with E-state index in [1.54, 1.807) is 30.3 Å². The van der Waals surface area contributed by atoms with E-state index in [2.05, 4.69) is 4.98 Å². The highest BCUT2D eigenvalue weighted by Crippen LogP contribution is 2.33. The van der Waals surface area contributed by atoms with Gasteiger partial charge in [-0.2, -0.15) is 0 Å². The number of aromatic nitrogens is 1. The van der Waals surface area contributed by atoms with E-state index in [0.29, 0.717) is 11.1 Å². The molecule has 0 unspecified atom stereocenters. The average Bonchev–Trinajstić information content (AvgIpc) is 2.55. The van der Waals surface area contributed by atoms with Crippen LogP contribution in [0.4, 0.5) is 0 Å². The molecule has 0 spiro atoms. The smallest absolute Gasteiger partial charge is 0.336 e. The molecule has 4 heteroatoms. The summed E-state index contributed by atoms with van der Waals surface area (Å²) in [6.45, 7) is 0. The van der Waals surface area contributed by atoms with Crippen molar-refractivity contribution in [2.45, 2.75) is 0 Å². The molecule has 0 aliphatic carbocycles. The Labute approximate surface area is 127 Å². The molecule has 1 aromatic heterocycles.